The summed E-state index contributed by atoms with van der Waals surface area (Å²) >= 11 is 0. The summed E-state index contributed by atoms with van der Waals surface area (Å²) in [4.78, 5) is 22.4. The smallest absolute Gasteiger partial charge is 0.457 e. The fourth-order valence-corrected chi connectivity index (χ4v) is 5.24. The zero-order valence-electron chi connectivity index (χ0n) is 27.9. The summed E-state index contributed by atoms with van der Waals surface area (Å²) in [6, 6.07) is 0. The van der Waals surface area contributed by atoms with Gasteiger partial charge in [0.2, 0.25) is 0 Å². The number of phosphoric ester groups is 1. The molecule has 0 amide bonds. The Morgan fingerprint density at radius 3 is 1.91 bits per heavy atom. The highest BCUT2D eigenvalue weighted by Crippen LogP contribution is 2.43. The molecule has 0 aromatic carbocycles. The Bertz CT molecular complexity index is 744. The van der Waals surface area contributed by atoms with E-state index in [4.69, 9.17) is 23.6 Å². The van der Waals surface area contributed by atoms with Crippen molar-refractivity contribution in [3.05, 3.63) is 24.3 Å². The molecule has 3 N–H and O–H groups in total. The lowest BCUT2D eigenvalue weighted by molar-refractivity contribution is -0.154. The molecule has 0 fully saturated rings. The molecular formula is C34H65O9P. The molecule has 0 aliphatic heterocycles. The molecule has 0 spiro atoms. The summed E-state index contributed by atoms with van der Waals surface area (Å²) in [5, 5.41) is 18.2. The minimum Gasteiger partial charge on any atom is -0.457 e. The molecule has 0 bridgehead atoms. The molecule has 44 heavy (non-hydrogen) atoms. The second-order valence-corrected chi connectivity index (χ2v) is 13.0. The number of carbonyl (C=O) groups excluding carboxylic acids is 1. The molecule has 3 unspecified atom stereocenters. The van der Waals surface area contributed by atoms with Crippen molar-refractivity contribution in [1.29, 1.82) is 0 Å². The van der Waals surface area contributed by atoms with Gasteiger partial charge >= 0.3 is 13.8 Å². The molecule has 0 radical (unpaired) electrons. The maximum atomic E-state index is 12.5. The summed E-state index contributed by atoms with van der Waals surface area (Å²) in [6.07, 6.45) is 28.5. The van der Waals surface area contributed by atoms with E-state index in [0.717, 1.165) is 64.2 Å². The second kappa shape index (κ2) is 31.9. The molecule has 10 heteroatoms. The molecule has 0 rings (SSSR count). The van der Waals surface area contributed by atoms with Crippen LogP contribution in [0.1, 0.15) is 142 Å². The minimum absolute atomic E-state index is 0.0460. The Morgan fingerprint density at radius 2 is 1.27 bits per heavy atom. The van der Waals surface area contributed by atoms with Gasteiger partial charge in [-0.1, -0.05) is 122 Å². The Balaban J connectivity index is 4.30. The molecule has 0 saturated heterocycles. The van der Waals surface area contributed by atoms with Crippen molar-refractivity contribution in [2.45, 2.75) is 154 Å². The van der Waals surface area contributed by atoms with Crippen LogP contribution in [0, 0.1) is 0 Å². The van der Waals surface area contributed by atoms with Crippen LogP contribution in [0.5, 0.6) is 0 Å². The monoisotopic (exact) mass is 648 g/mol. The van der Waals surface area contributed by atoms with Gasteiger partial charge in [-0.15, -0.1) is 0 Å². The standard InChI is InChI=1S/C34H65O9P/c1-3-5-7-9-11-13-15-16-17-18-20-22-24-26-34(37)43-33(31-42-44(38,39)41-29-32(36)28-35)30-40-27-25-23-21-19-14-12-10-8-6-4-2/h7,9,13,15,32-33,35-36H,3-6,8,10-12,14,16-31H2,1-2H3,(H,38,39)/b9-7-,15-13-. The number of unbranched alkanes of at least 4 members (excludes halogenated alkanes) is 15. The number of phosphoric acid groups is 1. The van der Waals surface area contributed by atoms with Crippen molar-refractivity contribution in [3.63, 3.8) is 0 Å². The number of carbonyl (C=O) groups is 1. The van der Waals surface area contributed by atoms with Gasteiger partial charge in [-0.05, 0) is 38.5 Å². The normalized spacial score (nSPS) is 14.8. The number of hydrogen-bond donors (Lipinski definition) is 3. The molecule has 0 saturated carbocycles. The van der Waals surface area contributed by atoms with E-state index in [9.17, 15) is 19.4 Å². The van der Waals surface area contributed by atoms with E-state index in [1.165, 1.54) is 51.4 Å². The Hall–Kier alpha value is -1.06. The van der Waals surface area contributed by atoms with Crippen LogP contribution in [0.3, 0.4) is 0 Å². The zero-order chi connectivity index (χ0) is 32.6. The largest absolute Gasteiger partial charge is 0.472 e. The molecule has 0 aromatic heterocycles. The molecule has 3 atom stereocenters. The number of ether oxygens (including phenoxy) is 2. The van der Waals surface area contributed by atoms with Crippen molar-refractivity contribution in [2.24, 2.45) is 0 Å². The highest BCUT2D eigenvalue weighted by Gasteiger charge is 2.26. The fraction of sp³-hybridized carbons (Fsp3) is 0.853. The predicted octanol–water partition coefficient (Wildman–Crippen LogP) is 8.36. The van der Waals surface area contributed by atoms with Crippen molar-refractivity contribution >= 4 is 13.8 Å². The molecule has 0 aliphatic carbocycles. The van der Waals surface area contributed by atoms with E-state index in [1.807, 2.05) is 0 Å². The molecular weight excluding hydrogens is 583 g/mol. The van der Waals surface area contributed by atoms with Gasteiger partial charge in [-0.3, -0.25) is 13.8 Å². The molecule has 0 heterocycles. The maximum Gasteiger partial charge on any atom is 0.472 e. The van der Waals surface area contributed by atoms with E-state index in [-0.39, 0.29) is 19.6 Å². The number of hydrogen-bond acceptors (Lipinski definition) is 8. The second-order valence-electron chi connectivity index (χ2n) is 11.5. The van der Waals surface area contributed by atoms with Crippen molar-refractivity contribution in [1.82, 2.24) is 0 Å². The van der Waals surface area contributed by atoms with Crippen LogP contribution in [0.15, 0.2) is 24.3 Å². The summed E-state index contributed by atoms with van der Waals surface area (Å²) in [7, 11) is -4.50. The number of esters is 1. The number of rotatable bonds is 33. The fourth-order valence-electron chi connectivity index (χ4n) is 4.45. The van der Waals surface area contributed by atoms with Gasteiger partial charge in [0.15, 0.2) is 0 Å². The lowest BCUT2D eigenvalue weighted by atomic mass is 10.1. The first-order valence-corrected chi connectivity index (χ1v) is 18.8. The van der Waals surface area contributed by atoms with Gasteiger partial charge < -0.3 is 24.6 Å². The van der Waals surface area contributed by atoms with Crippen LogP contribution in [0.25, 0.3) is 0 Å². The molecule has 260 valence electrons. The highest BCUT2D eigenvalue weighted by atomic mass is 31.2. The topological polar surface area (TPSA) is 132 Å². The predicted molar refractivity (Wildman–Crippen MR) is 177 cm³/mol. The third kappa shape index (κ3) is 30.9. The summed E-state index contributed by atoms with van der Waals surface area (Å²) in [5.41, 5.74) is 0. The first-order chi connectivity index (χ1) is 21.3. The Morgan fingerprint density at radius 1 is 0.705 bits per heavy atom. The lowest BCUT2D eigenvalue weighted by Gasteiger charge is -2.20. The Labute approximate surface area is 268 Å². The first-order valence-electron chi connectivity index (χ1n) is 17.3. The van der Waals surface area contributed by atoms with Crippen molar-refractivity contribution in [2.75, 3.05) is 33.0 Å². The van der Waals surface area contributed by atoms with Crippen LogP contribution >= 0.6 is 7.82 Å². The number of allylic oxidation sites excluding steroid dienone is 4. The third-order valence-corrected chi connectivity index (χ3v) is 8.07. The van der Waals surface area contributed by atoms with E-state index in [2.05, 4.69) is 38.2 Å². The van der Waals surface area contributed by atoms with Crippen molar-refractivity contribution < 1.29 is 43.0 Å². The van der Waals surface area contributed by atoms with Crippen LogP contribution in [0.2, 0.25) is 0 Å². The number of aliphatic hydroxyl groups excluding tert-OH is 2. The summed E-state index contributed by atoms with van der Waals surface area (Å²) in [5.74, 6) is -0.399. The van der Waals surface area contributed by atoms with E-state index in [0.29, 0.717) is 13.0 Å². The minimum atomic E-state index is -4.50. The van der Waals surface area contributed by atoms with Gasteiger partial charge in [0.1, 0.15) is 12.2 Å². The van der Waals surface area contributed by atoms with Gasteiger partial charge in [0, 0.05) is 13.0 Å². The van der Waals surface area contributed by atoms with E-state index in [1.54, 1.807) is 0 Å². The molecule has 0 aromatic rings. The average molecular weight is 649 g/mol. The molecule has 0 aliphatic rings. The SMILES string of the molecule is CCC/C=C\C/C=C\CCCCCCCC(=O)OC(COCCCCCCCCCCCC)COP(=O)(O)OCC(O)CO. The Kier molecular flexibility index (Phi) is 31.1. The number of aliphatic hydroxyl groups is 2. The summed E-state index contributed by atoms with van der Waals surface area (Å²) < 4.78 is 33.1. The van der Waals surface area contributed by atoms with Crippen LogP contribution in [0.4, 0.5) is 0 Å². The molecule has 9 nitrogen and oxygen atoms in total. The van der Waals surface area contributed by atoms with Gasteiger partial charge in [-0.2, -0.15) is 0 Å². The van der Waals surface area contributed by atoms with Gasteiger partial charge in [-0.25, -0.2) is 4.57 Å². The summed E-state index contributed by atoms with van der Waals surface area (Å²) in [6.45, 7) is 3.41. The zero-order valence-corrected chi connectivity index (χ0v) is 28.8. The maximum absolute atomic E-state index is 12.5. The third-order valence-electron chi connectivity index (χ3n) is 7.12. The van der Waals surface area contributed by atoms with Crippen LogP contribution in [-0.2, 0) is 27.9 Å². The van der Waals surface area contributed by atoms with Gasteiger partial charge in [0.05, 0.1) is 26.4 Å². The first kappa shape index (κ1) is 42.9. The van der Waals surface area contributed by atoms with Gasteiger partial charge in [0.25, 0.3) is 0 Å². The van der Waals surface area contributed by atoms with E-state index < -0.39 is 39.2 Å². The quantitative estimate of drug-likeness (QED) is 0.0278. The lowest BCUT2D eigenvalue weighted by Crippen LogP contribution is -2.29. The van der Waals surface area contributed by atoms with Crippen molar-refractivity contribution in [3.8, 4) is 0 Å². The highest BCUT2D eigenvalue weighted by molar-refractivity contribution is 7.47. The van der Waals surface area contributed by atoms with Crippen LogP contribution < -0.4 is 0 Å². The average Bonchev–Trinajstić information content (AvgIpc) is 3.01. The van der Waals surface area contributed by atoms with E-state index >= 15 is 0 Å². The van der Waals surface area contributed by atoms with Crippen LogP contribution in [-0.4, -0.2) is 66.3 Å².